The van der Waals surface area contributed by atoms with E-state index in [2.05, 4.69) is 26.1 Å². The molecule has 1 aliphatic rings. The fraction of sp³-hybridized carbons (Fsp3) is 0.333. The number of fused-ring (bicyclic) bond motifs is 1. The highest BCUT2D eigenvalue weighted by atomic mass is 35.5. The van der Waals surface area contributed by atoms with Crippen LogP contribution in [0.15, 0.2) is 53.5 Å². The van der Waals surface area contributed by atoms with Gasteiger partial charge in [0.05, 0.1) is 34.4 Å². The molecule has 1 N–H and O–H groups in total. The Bertz CT molecular complexity index is 1510. The number of pyridine rings is 2. The van der Waals surface area contributed by atoms with Crippen LogP contribution in [0.25, 0.3) is 11.0 Å². The van der Waals surface area contributed by atoms with Gasteiger partial charge in [-0.2, -0.15) is 5.10 Å². The number of nitrogens with zero attached hydrogens (tertiary/aromatic N) is 4. The predicted molar refractivity (Wildman–Crippen MR) is 138 cm³/mol. The molecule has 3 heterocycles. The Morgan fingerprint density at radius 3 is 2.60 bits per heavy atom. The number of anilines is 1. The van der Waals surface area contributed by atoms with E-state index in [0.29, 0.717) is 28.7 Å². The Kier molecular flexibility index (Phi) is 5.75. The molecule has 35 heavy (non-hydrogen) atoms. The Balaban J connectivity index is 1.52. The molecule has 7 nitrogen and oxygen atoms in total. The lowest BCUT2D eigenvalue weighted by Crippen LogP contribution is -2.24. The van der Waals surface area contributed by atoms with Crippen molar-refractivity contribution >= 4 is 34.2 Å². The average molecular weight is 490 g/mol. The number of amides is 1. The second-order valence-corrected chi connectivity index (χ2v) is 10.6. The topological polar surface area (TPSA) is 81.8 Å². The number of nitrogens with one attached hydrogen (secondary N) is 1. The second-order valence-electron chi connectivity index (χ2n) is 10.2. The molecule has 0 radical (unpaired) electrons. The van der Waals surface area contributed by atoms with Crippen LogP contribution < -0.4 is 10.9 Å². The van der Waals surface area contributed by atoms with E-state index in [0.717, 1.165) is 40.8 Å². The molecule has 0 unspecified atom stereocenters. The van der Waals surface area contributed by atoms with Gasteiger partial charge in [0, 0.05) is 28.9 Å². The molecule has 0 atom stereocenters. The molecule has 0 spiro atoms. The summed E-state index contributed by atoms with van der Waals surface area (Å²) in [6.45, 7) is 8.44. The zero-order valence-electron chi connectivity index (χ0n) is 20.3. The van der Waals surface area contributed by atoms with Crippen LogP contribution in [0, 0.1) is 6.92 Å². The van der Waals surface area contributed by atoms with Gasteiger partial charge >= 0.3 is 0 Å². The van der Waals surface area contributed by atoms with Gasteiger partial charge in [-0.1, -0.05) is 29.8 Å². The molecule has 180 valence electrons. The van der Waals surface area contributed by atoms with E-state index in [1.165, 1.54) is 10.6 Å². The van der Waals surface area contributed by atoms with Gasteiger partial charge in [0.15, 0.2) is 5.65 Å². The van der Waals surface area contributed by atoms with Crippen LogP contribution >= 0.6 is 11.6 Å². The van der Waals surface area contributed by atoms with Crippen molar-refractivity contribution in [1.29, 1.82) is 0 Å². The number of hydrogen-bond acceptors (Lipinski definition) is 4. The van der Waals surface area contributed by atoms with Gasteiger partial charge in [-0.05, 0) is 64.3 Å². The molecule has 1 aromatic carbocycles. The smallest absolute Gasteiger partial charge is 0.256 e. The summed E-state index contributed by atoms with van der Waals surface area (Å²) in [6.07, 6.45) is 3.81. The molecule has 1 saturated carbocycles. The normalized spacial score (nSPS) is 13.9. The maximum atomic E-state index is 13.6. The third-order valence-electron chi connectivity index (χ3n) is 6.25. The maximum Gasteiger partial charge on any atom is 0.256 e. The third-order valence-corrected chi connectivity index (χ3v) is 6.62. The quantitative estimate of drug-likeness (QED) is 0.402. The van der Waals surface area contributed by atoms with E-state index in [1.807, 2.05) is 35.9 Å². The van der Waals surface area contributed by atoms with Gasteiger partial charge in [-0.3, -0.25) is 9.59 Å². The number of hydrogen-bond donors (Lipinski definition) is 1. The minimum absolute atomic E-state index is 0.174. The lowest BCUT2D eigenvalue weighted by molar-refractivity contribution is 0.102. The summed E-state index contributed by atoms with van der Waals surface area (Å²) in [5.41, 5.74) is 3.88. The molecule has 5 rings (SSSR count). The highest BCUT2D eigenvalue weighted by Gasteiger charge is 2.30. The van der Waals surface area contributed by atoms with Crippen molar-refractivity contribution < 1.29 is 4.79 Å². The van der Waals surface area contributed by atoms with Crippen molar-refractivity contribution in [2.45, 2.75) is 58.5 Å². The molecule has 3 aromatic heterocycles. The van der Waals surface area contributed by atoms with Crippen LogP contribution in [-0.2, 0) is 12.1 Å². The molecule has 1 amide bonds. The Morgan fingerprint density at radius 2 is 1.91 bits per heavy atom. The van der Waals surface area contributed by atoms with E-state index in [1.54, 1.807) is 18.3 Å². The summed E-state index contributed by atoms with van der Waals surface area (Å²) in [7, 11) is 0. The van der Waals surface area contributed by atoms with Gasteiger partial charge in [0.1, 0.15) is 0 Å². The van der Waals surface area contributed by atoms with E-state index < -0.39 is 0 Å². The minimum atomic E-state index is -0.274. The zero-order valence-corrected chi connectivity index (χ0v) is 21.1. The summed E-state index contributed by atoms with van der Waals surface area (Å²) in [4.78, 5) is 31.0. The lowest BCUT2D eigenvalue weighted by Gasteiger charge is -2.20. The van der Waals surface area contributed by atoms with Gasteiger partial charge in [0.25, 0.3) is 11.5 Å². The number of halogens is 1. The summed E-state index contributed by atoms with van der Waals surface area (Å²) in [5.74, 6) is 0.130. The van der Waals surface area contributed by atoms with Crippen molar-refractivity contribution in [1.82, 2.24) is 19.3 Å². The van der Waals surface area contributed by atoms with Crippen molar-refractivity contribution in [3.63, 3.8) is 0 Å². The Hall–Kier alpha value is -3.45. The van der Waals surface area contributed by atoms with Crippen LogP contribution in [0.2, 0.25) is 5.02 Å². The first-order valence-electron chi connectivity index (χ1n) is 11.8. The Morgan fingerprint density at radius 1 is 1.17 bits per heavy atom. The van der Waals surface area contributed by atoms with Crippen LogP contribution in [-0.4, -0.2) is 25.2 Å². The predicted octanol–water partition coefficient (Wildman–Crippen LogP) is 5.49. The summed E-state index contributed by atoms with van der Waals surface area (Å²) in [6, 6.07) is 12.4. The SMILES string of the molecule is Cc1nn(C(C)(C)C)c2nc(C3CC3)cc(C(=O)Nc3ccc(=O)n(Cc4ccccc4Cl)c3)c12. The second kappa shape index (κ2) is 8.64. The number of benzene rings is 1. The van der Waals surface area contributed by atoms with Crippen molar-refractivity contribution in [2.24, 2.45) is 0 Å². The van der Waals surface area contributed by atoms with Crippen LogP contribution in [0.1, 0.15) is 66.8 Å². The minimum Gasteiger partial charge on any atom is -0.321 e. The van der Waals surface area contributed by atoms with E-state index in [-0.39, 0.29) is 17.0 Å². The van der Waals surface area contributed by atoms with E-state index in [4.69, 9.17) is 21.7 Å². The van der Waals surface area contributed by atoms with Crippen LogP contribution in [0.5, 0.6) is 0 Å². The summed E-state index contributed by atoms with van der Waals surface area (Å²) < 4.78 is 3.45. The molecule has 1 aliphatic carbocycles. The van der Waals surface area contributed by atoms with Crippen molar-refractivity contribution in [2.75, 3.05) is 5.32 Å². The van der Waals surface area contributed by atoms with Gasteiger partial charge in [-0.25, -0.2) is 9.67 Å². The van der Waals surface area contributed by atoms with E-state index >= 15 is 0 Å². The summed E-state index contributed by atoms with van der Waals surface area (Å²) >= 11 is 6.28. The number of aryl methyl sites for hydroxylation is 1. The highest BCUT2D eigenvalue weighted by Crippen LogP contribution is 2.41. The fourth-order valence-corrected chi connectivity index (χ4v) is 4.48. The lowest BCUT2D eigenvalue weighted by atomic mass is 10.1. The van der Waals surface area contributed by atoms with Gasteiger partial charge < -0.3 is 9.88 Å². The summed E-state index contributed by atoms with van der Waals surface area (Å²) in [5, 5.41) is 9.06. The van der Waals surface area contributed by atoms with Gasteiger partial charge in [-0.15, -0.1) is 0 Å². The monoisotopic (exact) mass is 489 g/mol. The first-order valence-corrected chi connectivity index (χ1v) is 12.2. The fourth-order valence-electron chi connectivity index (χ4n) is 4.28. The Labute approximate surface area is 208 Å². The highest BCUT2D eigenvalue weighted by molar-refractivity contribution is 6.31. The van der Waals surface area contributed by atoms with Crippen molar-refractivity contribution in [3.05, 3.63) is 86.6 Å². The number of carbonyl (C=O) groups is 1. The van der Waals surface area contributed by atoms with Crippen molar-refractivity contribution in [3.8, 4) is 0 Å². The molecule has 4 aromatic rings. The molecule has 0 aliphatic heterocycles. The average Bonchev–Trinajstić information content (AvgIpc) is 3.59. The molecule has 1 fully saturated rings. The number of rotatable bonds is 5. The maximum absolute atomic E-state index is 13.6. The largest absolute Gasteiger partial charge is 0.321 e. The van der Waals surface area contributed by atoms with Gasteiger partial charge in [0.2, 0.25) is 0 Å². The first kappa shape index (κ1) is 23.3. The van der Waals surface area contributed by atoms with Crippen LogP contribution in [0.4, 0.5) is 5.69 Å². The number of carbonyl (C=O) groups excluding carboxylic acids is 1. The molecular weight excluding hydrogens is 462 g/mol. The molecule has 0 bridgehead atoms. The first-order chi connectivity index (χ1) is 16.6. The molecule has 8 heteroatoms. The standard InChI is InChI=1S/C27H28ClN5O2/c1-16-24-20(13-22(17-9-10-17)30-25(24)33(31-16)27(2,3)4)26(35)29-19-11-12-23(34)32(15-19)14-18-7-5-6-8-21(18)28/h5-8,11-13,15,17H,9-10,14H2,1-4H3,(H,29,35). The van der Waals surface area contributed by atoms with E-state index in [9.17, 15) is 9.59 Å². The zero-order chi connectivity index (χ0) is 24.9. The third kappa shape index (κ3) is 4.60. The van der Waals surface area contributed by atoms with Crippen LogP contribution in [0.3, 0.4) is 0 Å². The molecule has 0 saturated heterocycles. The number of aromatic nitrogens is 4. The molecular formula is C27H28ClN5O2.